The van der Waals surface area contributed by atoms with E-state index in [0.29, 0.717) is 21.8 Å². The topological polar surface area (TPSA) is 75.7 Å². The van der Waals surface area contributed by atoms with Gasteiger partial charge in [-0.05, 0) is 59.7 Å². The van der Waals surface area contributed by atoms with E-state index < -0.39 is 52.8 Å². The summed E-state index contributed by atoms with van der Waals surface area (Å²) >= 11 is 5.98. The number of carbonyl (C=O) groups excluding carboxylic acids is 3. The molecule has 0 aliphatic carbocycles. The van der Waals surface area contributed by atoms with Gasteiger partial charge in [-0.2, -0.15) is 0 Å². The fourth-order valence-electron chi connectivity index (χ4n) is 5.20. The fraction of sp³-hybridized carbons (Fsp3) is 0.192. The molecule has 178 valence electrons. The second kappa shape index (κ2) is 8.55. The summed E-state index contributed by atoms with van der Waals surface area (Å²) in [5, 5.41) is 3.59. The van der Waals surface area contributed by atoms with E-state index in [2.05, 4.69) is 5.32 Å². The molecule has 0 spiro atoms. The highest BCUT2D eigenvalue weighted by Crippen LogP contribution is 2.52. The molecule has 0 saturated carbocycles. The molecular weight excluding hydrogens is 478 g/mol. The Morgan fingerprint density at radius 1 is 0.886 bits per heavy atom. The van der Waals surface area contributed by atoms with Gasteiger partial charge in [0.2, 0.25) is 11.8 Å². The summed E-state index contributed by atoms with van der Waals surface area (Å²) in [7, 11) is 1.19. The summed E-state index contributed by atoms with van der Waals surface area (Å²) in [6.45, 7) is 0. The third-order valence-corrected chi connectivity index (χ3v) is 6.95. The van der Waals surface area contributed by atoms with Crippen molar-refractivity contribution in [2.75, 3.05) is 12.0 Å². The summed E-state index contributed by atoms with van der Waals surface area (Å²) in [5.41, 5.74) is -0.273. The molecule has 2 saturated heterocycles. The number of imide groups is 1. The van der Waals surface area contributed by atoms with Crippen LogP contribution < -0.4 is 10.2 Å². The van der Waals surface area contributed by atoms with Crippen LogP contribution in [0.3, 0.4) is 0 Å². The van der Waals surface area contributed by atoms with Crippen molar-refractivity contribution in [3.63, 3.8) is 0 Å². The second-order valence-corrected chi connectivity index (χ2v) is 8.90. The predicted molar refractivity (Wildman–Crippen MR) is 123 cm³/mol. The number of benzene rings is 3. The largest absolute Gasteiger partial charge is 0.468 e. The summed E-state index contributed by atoms with van der Waals surface area (Å²) < 4.78 is 32.7. The van der Waals surface area contributed by atoms with Gasteiger partial charge < -0.3 is 4.74 Å². The minimum absolute atomic E-state index is 0.300. The van der Waals surface area contributed by atoms with E-state index in [0.717, 1.165) is 4.90 Å². The summed E-state index contributed by atoms with van der Waals surface area (Å²) in [6.07, 6.45) is 0. The number of fused-ring (bicyclic) bond motifs is 1. The maximum atomic E-state index is 14.0. The number of nitrogens with one attached hydrogen (secondary N) is 1. The van der Waals surface area contributed by atoms with Crippen LogP contribution in [0.25, 0.3) is 0 Å². The molecule has 3 aromatic rings. The highest BCUT2D eigenvalue weighted by molar-refractivity contribution is 6.31. The van der Waals surface area contributed by atoms with E-state index >= 15 is 0 Å². The van der Waals surface area contributed by atoms with Gasteiger partial charge in [-0.3, -0.25) is 19.7 Å². The molecule has 6 nitrogen and oxygen atoms in total. The minimum Gasteiger partial charge on any atom is -0.468 e. The molecule has 35 heavy (non-hydrogen) atoms. The molecule has 0 radical (unpaired) electrons. The highest BCUT2D eigenvalue weighted by Gasteiger charge is 2.68. The highest BCUT2D eigenvalue weighted by atomic mass is 35.5. The number of carbonyl (C=O) groups is 3. The third-order valence-electron chi connectivity index (χ3n) is 6.70. The number of esters is 1. The molecule has 3 atom stereocenters. The van der Waals surface area contributed by atoms with E-state index in [1.54, 1.807) is 12.1 Å². The Morgan fingerprint density at radius 2 is 1.40 bits per heavy atom. The predicted octanol–water partition coefficient (Wildman–Crippen LogP) is 3.81. The van der Waals surface area contributed by atoms with Crippen molar-refractivity contribution < 1.29 is 27.9 Å². The third kappa shape index (κ3) is 3.52. The smallest absolute Gasteiger partial charge is 0.323 e. The van der Waals surface area contributed by atoms with Crippen molar-refractivity contribution in [1.82, 2.24) is 5.32 Å². The first-order valence-corrected chi connectivity index (χ1v) is 11.2. The maximum Gasteiger partial charge on any atom is 0.323 e. The van der Waals surface area contributed by atoms with E-state index in [9.17, 15) is 23.2 Å². The molecule has 2 aliphatic rings. The SMILES string of the molecule is COC(=O)[C@@H]1NC(c2ccc(F)cc2)(c2ccc(F)cc2)[C@H]2C(=O)N(c3ccc(Cl)cc3)C(=O)[C@H]12. The van der Waals surface area contributed by atoms with Crippen molar-refractivity contribution >= 4 is 35.1 Å². The van der Waals surface area contributed by atoms with Crippen LogP contribution in [-0.4, -0.2) is 30.9 Å². The zero-order chi connectivity index (χ0) is 24.9. The molecule has 0 aromatic heterocycles. The molecule has 2 amide bonds. The average Bonchev–Trinajstić information content (AvgIpc) is 3.35. The second-order valence-electron chi connectivity index (χ2n) is 8.46. The number of hydrogen-bond acceptors (Lipinski definition) is 5. The number of anilines is 1. The number of rotatable bonds is 4. The van der Waals surface area contributed by atoms with Crippen LogP contribution in [0, 0.1) is 23.5 Å². The van der Waals surface area contributed by atoms with Crippen LogP contribution in [0.2, 0.25) is 5.02 Å². The molecule has 0 unspecified atom stereocenters. The lowest BCUT2D eigenvalue weighted by atomic mass is 9.71. The Bertz CT molecular complexity index is 1270. The summed E-state index contributed by atoms with van der Waals surface area (Å²) in [4.78, 5) is 41.5. The van der Waals surface area contributed by atoms with Crippen molar-refractivity contribution in [3.05, 3.63) is 101 Å². The van der Waals surface area contributed by atoms with Gasteiger partial charge in [0.05, 0.1) is 30.2 Å². The van der Waals surface area contributed by atoms with Crippen LogP contribution >= 0.6 is 11.6 Å². The standard InChI is InChI=1S/C26H19ClF2N2O4/c1-35-25(34)22-20-21(24(33)31(23(20)32)19-12-6-16(27)7-13-19)26(30-22,14-2-8-17(28)9-3-14)15-4-10-18(29)11-5-15/h2-13,20-22,30H,1H3/t20-,21+,22+/m0/s1. The van der Waals surface area contributed by atoms with Crippen molar-refractivity contribution in [3.8, 4) is 0 Å². The maximum absolute atomic E-state index is 14.0. The monoisotopic (exact) mass is 496 g/mol. The number of halogens is 3. The summed E-state index contributed by atoms with van der Waals surface area (Å²) in [6, 6.07) is 15.8. The number of nitrogens with zero attached hydrogens (tertiary/aromatic N) is 1. The lowest BCUT2D eigenvalue weighted by molar-refractivity contribution is -0.145. The molecule has 3 aromatic carbocycles. The van der Waals surface area contributed by atoms with Gasteiger partial charge in [-0.1, -0.05) is 35.9 Å². The van der Waals surface area contributed by atoms with E-state index in [1.807, 2.05) is 0 Å². The first-order valence-electron chi connectivity index (χ1n) is 10.8. The van der Waals surface area contributed by atoms with E-state index in [4.69, 9.17) is 16.3 Å². The molecule has 1 N–H and O–H groups in total. The fourth-order valence-corrected chi connectivity index (χ4v) is 5.33. The van der Waals surface area contributed by atoms with Gasteiger partial charge in [0.1, 0.15) is 17.7 Å². The minimum atomic E-state index is -1.45. The Balaban J connectivity index is 1.75. The number of ether oxygens (including phenoxy) is 1. The number of methoxy groups -OCH3 is 1. The van der Waals surface area contributed by atoms with Crippen LogP contribution in [-0.2, 0) is 24.7 Å². The van der Waals surface area contributed by atoms with Gasteiger partial charge in [0.25, 0.3) is 0 Å². The average molecular weight is 497 g/mol. The zero-order valence-corrected chi connectivity index (χ0v) is 19.1. The lowest BCUT2D eigenvalue weighted by Crippen LogP contribution is -2.52. The lowest BCUT2D eigenvalue weighted by Gasteiger charge is -2.36. The quantitative estimate of drug-likeness (QED) is 0.439. The first-order chi connectivity index (χ1) is 16.8. The van der Waals surface area contributed by atoms with Crippen molar-refractivity contribution in [2.24, 2.45) is 11.8 Å². The van der Waals surface area contributed by atoms with Crippen LogP contribution in [0.4, 0.5) is 14.5 Å². The first kappa shape index (κ1) is 23.1. The van der Waals surface area contributed by atoms with Gasteiger partial charge in [-0.25, -0.2) is 13.7 Å². The molecular formula is C26H19ClF2N2O4. The Labute approximate surface area is 204 Å². The molecule has 2 heterocycles. The number of hydrogen-bond donors (Lipinski definition) is 1. The molecule has 2 fully saturated rings. The Kier molecular flexibility index (Phi) is 5.65. The van der Waals surface area contributed by atoms with Gasteiger partial charge in [0, 0.05) is 5.02 Å². The number of amides is 2. The van der Waals surface area contributed by atoms with Crippen molar-refractivity contribution in [1.29, 1.82) is 0 Å². The van der Waals surface area contributed by atoms with Crippen molar-refractivity contribution in [2.45, 2.75) is 11.6 Å². The van der Waals surface area contributed by atoms with Gasteiger partial charge in [0.15, 0.2) is 0 Å². The van der Waals surface area contributed by atoms with Gasteiger partial charge in [-0.15, -0.1) is 0 Å². The van der Waals surface area contributed by atoms with E-state index in [-0.39, 0.29) is 0 Å². The van der Waals surface area contributed by atoms with Gasteiger partial charge >= 0.3 is 5.97 Å². The Morgan fingerprint density at radius 3 is 1.89 bits per heavy atom. The van der Waals surface area contributed by atoms with E-state index in [1.165, 1.54) is 67.8 Å². The Hall–Kier alpha value is -3.62. The normalized spacial score (nSPS) is 22.9. The van der Waals surface area contributed by atoms with Crippen LogP contribution in [0.1, 0.15) is 11.1 Å². The molecule has 2 aliphatic heterocycles. The van der Waals surface area contributed by atoms with Crippen LogP contribution in [0.5, 0.6) is 0 Å². The summed E-state index contributed by atoms with van der Waals surface area (Å²) in [5.74, 6) is -5.11. The molecule has 5 rings (SSSR count). The molecule has 0 bridgehead atoms. The van der Waals surface area contributed by atoms with Crippen LogP contribution in [0.15, 0.2) is 72.8 Å². The zero-order valence-electron chi connectivity index (χ0n) is 18.4. The molecule has 9 heteroatoms.